The van der Waals surface area contributed by atoms with E-state index in [0.29, 0.717) is 10.9 Å². The third-order valence-corrected chi connectivity index (χ3v) is 3.42. The Morgan fingerprint density at radius 2 is 2.13 bits per heavy atom. The summed E-state index contributed by atoms with van der Waals surface area (Å²) in [6.45, 7) is -0.138. The van der Waals surface area contributed by atoms with E-state index < -0.39 is 5.91 Å². The largest absolute Gasteiger partial charge is 0.350 e. The van der Waals surface area contributed by atoms with E-state index in [-0.39, 0.29) is 12.1 Å². The molecule has 0 aliphatic rings. The number of fused-ring (bicyclic) bond motifs is 1. The van der Waals surface area contributed by atoms with Gasteiger partial charge in [-0.15, -0.1) is 0 Å². The van der Waals surface area contributed by atoms with Crippen molar-refractivity contribution in [3.8, 4) is 0 Å². The number of para-hydroxylation sites is 1. The van der Waals surface area contributed by atoms with E-state index in [2.05, 4.69) is 15.5 Å². The quantitative estimate of drug-likeness (QED) is 0.574. The Bertz CT molecular complexity index is 939. The van der Waals surface area contributed by atoms with E-state index in [9.17, 15) is 9.59 Å². The zero-order valence-electron chi connectivity index (χ0n) is 12.5. The molecule has 0 aliphatic heterocycles. The number of carbonyl (C=O) groups excluding carboxylic acids is 1. The smallest absolute Gasteiger partial charge is 0.261 e. The Labute approximate surface area is 131 Å². The molecule has 0 saturated carbocycles. The molecule has 0 aliphatic carbocycles. The summed E-state index contributed by atoms with van der Waals surface area (Å²) in [6.07, 6.45) is 4.79. The highest BCUT2D eigenvalue weighted by molar-refractivity contribution is 5.81. The number of hydrazone groups is 1. The molecule has 0 unspecified atom stereocenters. The van der Waals surface area contributed by atoms with E-state index in [1.807, 2.05) is 36.0 Å². The number of aryl methyl sites for hydroxylation is 1. The van der Waals surface area contributed by atoms with Crippen LogP contribution in [0.3, 0.4) is 0 Å². The number of benzene rings is 1. The standard InChI is InChI=1S/C16H15N5O2/c1-20-8-4-5-12(20)9-18-19-15(22)10-21-11-17-14-7-3-2-6-13(14)16(21)23/h2-9,11H,10H2,1H3,(H,19,22)/b18-9+. The molecule has 0 bridgehead atoms. The molecule has 1 N–H and O–H groups in total. The van der Waals surface area contributed by atoms with Crippen LogP contribution in [0.2, 0.25) is 0 Å². The first kappa shape index (κ1) is 14.7. The molecule has 7 heteroatoms. The highest BCUT2D eigenvalue weighted by atomic mass is 16.2. The number of hydrogen-bond donors (Lipinski definition) is 1. The second-order valence-corrected chi connectivity index (χ2v) is 5.03. The van der Waals surface area contributed by atoms with Crippen LogP contribution in [-0.2, 0) is 18.4 Å². The molecule has 116 valence electrons. The highest BCUT2D eigenvalue weighted by Crippen LogP contribution is 2.04. The Morgan fingerprint density at radius 3 is 2.91 bits per heavy atom. The second kappa shape index (κ2) is 6.27. The van der Waals surface area contributed by atoms with E-state index in [1.54, 1.807) is 24.4 Å². The molecule has 7 nitrogen and oxygen atoms in total. The maximum absolute atomic E-state index is 12.3. The Hall–Kier alpha value is -3.22. The molecule has 0 fully saturated rings. The van der Waals surface area contributed by atoms with Crippen molar-refractivity contribution in [3.05, 3.63) is 65.0 Å². The molecule has 3 aromatic rings. The molecule has 1 amide bonds. The number of amides is 1. The van der Waals surface area contributed by atoms with Crippen LogP contribution in [-0.4, -0.2) is 26.2 Å². The molecular formula is C16H15N5O2. The maximum atomic E-state index is 12.3. The zero-order valence-corrected chi connectivity index (χ0v) is 12.5. The summed E-state index contributed by atoms with van der Waals surface area (Å²) in [5.74, 6) is -0.394. The van der Waals surface area contributed by atoms with E-state index in [0.717, 1.165) is 5.69 Å². The van der Waals surface area contributed by atoms with Crippen molar-refractivity contribution in [2.75, 3.05) is 0 Å². The van der Waals surface area contributed by atoms with E-state index >= 15 is 0 Å². The minimum Gasteiger partial charge on any atom is -0.350 e. The van der Waals surface area contributed by atoms with Crippen LogP contribution in [0.1, 0.15) is 5.69 Å². The Balaban J connectivity index is 1.71. The third-order valence-electron chi connectivity index (χ3n) is 3.42. The predicted molar refractivity (Wildman–Crippen MR) is 87.2 cm³/mol. The summed E-state index contributed by atoms with van der Waals surface area (Å²) in [5.41, 5.74) is 3.61. The highest BCUT2D eigenvalue weighted by Gasteiger charge is 2.07. The first-order chi connectivity index (χ1) is 11.1. The topological polar surface area (TPSA) is 81.3 Å². The third kappa shape index (κ3) is 3.18. The molecule has 0 spiro atoms. The van der Waals surface area contributed by atoms with Crippen molar-refractivity contribution in [3.63, 3.8) is 0 Å². The van der Waals surface area contributed by atoms with Gasteiger partial charge in [-0.2, -0.15) is 5.10 Å². The van der Waals surface area contributed by atoms with Gasteiger partial charge in [0.15, 0.2) is 0 Å². The molecular weight excluding hydrogens is 294 g/mol. The van der Waals surface area contributed by atoms with Gasteiger partial charge in [-0.1, -0.05) is 12.1 Å². The van der Waals surface area contributed by atoms with Gasteiger partial charge in [0, 0.05) is 13.2 Å². The van der Waals surface area contributed by atoms with Crippen LogP contribution < -0.4 is 11.0 Å². The average molecular weight is 309 g/mol. The lowest BCUT2D eigenvalue weighted by Gasteiger charge is -2.05. The Kier molecular flexibility index (Phi) is 4.01. The lowest BCUT2D eigenvalue weighted by molar-refractivity contribution is -0.121. The van der Waals surface area contributed by atoms with Crippen LogP contribution in [0, 0.1) is 0 Å². The number of hydrogen-bond acceptors (Lipinski definition) is 4. The summed E-state index contributed by atoms with van der Waals surface area (Å²) < 4.78 is 3.13. The monoisotopic (exact) mass is 309 g/mol. The molecule has 2 aromatic heterocycles. The molecule has 0 atom stereocenters. The number of nitrogens with one attached hydrogen (secondary N) is 1. The fourth-order valence-electron chi connectivity index (χ4n) is 2.19. The number of rotatable bonds is 4. The van der Waals surface area contributed by atoms with E-state index in [4.69, 9.17) is 0 Å². The van der Waals surface area contributed by atoms with Gasteiger partial charge < -0.3 is 4.57 Å². The fourth-order valence-corrected chi connectivity index (χ4v) is 2.19. The zero-order chi connectivity index (χ0) is 16.2. The van der Waals surface area contributed by atoms with E-state index in [1.165, 1.54) is 10.9 Å². The average Bonchev–Trinajstić information content (AvgIpc) is 2.96. The van der Waals surface area contributed by atoms with Gasteiger partial charge in [0.25, 0.3) is 11.5 Å². The van der Waals surface area contributed by atoms with Gasteiger partial charge in [0.1, 0.15) is 6.54 Å². The van der Waals surface area contributed by atoms with Crippen LogP contribution in [0.25, 0.3) is 10.9 Å². The number of aromatic nitrogens is 3. The lowest BCUT2D eigenvalue weighted by atomic mass is 10.2. The predicted octanol–water partition coefficient (Wildman–Crippen LogP) is 0.885. The Morgan fingerprint density at radius 1 is 1.30 bits per heavy atom. The lowest BCUT2D eigenvalue weighted by Crippen LogP contribution is -2.30. The molecule has 0 saturated heterocycles. The van der Waals surface area contributed by atoms with Crippen LogP contribution >= 0.6 is 0 Å². The molecule has 0 radical (unpaired) electrons. The minimum absolute atomic E-state index is 0.138. The van der Waals surface area contributed by atoms with Crippen LogP contribution in [0.15, 0.2) is 58.8 Å². The fraction of sp³-hybridized carbons (Fsp3) is 0.125. The minimum atomic E-state index is -0.394. The van der Waals surface area contributed by atoms with Crippen LogP contribution in [0.5, 0.6) is 0 Å². The molecule has 1 aromatic carbocycles. The van der Waals surface area contributed by atoms with Crippen molar-refractivity contribution in [2.24, 2.45) is 12.1 Å². The molecule has 3 rings (SSSR count). The molecule has 2 heterocycles. The molecule has 23 heavy (non-hydrogen) atoms. The van der Waals surface area contributed by atoms with Crippen molar-refractivity contribution in [2.45, 2.75) is 6.54 Å². The van der Waals surface area contributed by atoms with Gasteiger partial charge in [0.05, 0.1) is 29.1 Å². The second-order valence-electron chi connectivity index (χ2n) is 5.03. The normalized spacial score (nSPS) is 11.2. The summed E-state index contributed by atoms with van der Waals surface area (Å²) in [5, 5.41) is 4.36. The number of carbonyl (C=O) groups is 1. The van der Waals surface area contributed by atoms with Gasteiger partial charge in [-0.25, -0.2) is 10.4 Å². The number of nitrogens with zero attached hydrogens (tertiary/aromatic N) is 4. The van der Waals surface area contributed by atoms with Crippen LogP contribution in [0.4, 0.5) is 0 Å². The van der Waals surface area contributed by atoms with Crippen molar-refractivity contribution >= 4 is 23.0 Å². The van der Waals surface area contributed by atoms with Gasteiger partial charge in [-0.3, -0.25) is 14.2 Å². The summed E-state index contributed by atoms with van der Waals surface area (Å²) in [4.78, 5) is 28.3. The van der Waals surface area contributed by atoms with Gasteiger partial charge in [0.2, 0.25) is 0 Å². The SMILES string of the molecule is Cn1cccc1/C=N/NC(=O)Cn1cnc2ccccc2c1=O. The first-order valence-corrected chi connectivity index (χ1v) is 7.02. The summed E-state index contributed by atoms with van der Waals surface area (Å²) in [7, 11) is 1.88. The van der Waals surface area contributed by atoms with Crippen molar-refractivity contribution in [1.29, 1.82) is 0 Å². The van der Waals surface area contributed by atoms with Crippen molar-refractivity contribution < 1.29 is 4.79 Å². The maximum Gasteiger partial charge on any atom is 0.261 e. The summed E-state index contributed by atoms with van der Waals surface area (Å²) >= 11 is 0. The first-order valence-electron chi connectivity index (χ1n) is 7.02. The van der Waals surface area contributed by atoms with Crippen molar-refractivity contribution in [1.82, 2.24) is 19.5 Å². The van der Waals surface area contributed by atoms with Gasteiger partial charge >= 0.3 is 0 Å². The van der Waals surface area contributed by atoms with Gasteiger partial charge in [-0.05, 0) is 24.3 Å². The summed E-state index contributed by atoms with van der Waals surface area (Å²) in [6, 6.07) is 10.8.